The summed E-state index contributed by atoms with van der Waals surface area (Å²) in [6, 6.07) is 0. The van der Waals surface area contributed by atoms with Crippen molar-refractivity contribution in [1.29, 1.82) is 0 Å². The highest BCUT2D eigenvalue weighted by Crippen LogP contribution is 2.11. The first-order chi connectivity index (χ1) is 6.50. The second-order valence-electron chi connectivity index (χ2n) is 3.91. The molecule has 0 heterocycles. The summed E-state index contributed by atoms with van der Waals surface area (Å²) in [5.41, 5.74) is 0. The number of thiol groups is 1. The van der Waals surface area contributed by atoms with Gasteiger partial charge in [0.15, 0.2) is 0 Å². The lowest BCUT2D eigenvalue weighted by Crippen LogP contribution is -2.37. The van der Waals surface area contributed by atoms with Gasteiger partial charge in [-0.25, -0.2) is 0 Å². The summed E-state index contributed by atoms with van der Waals surface area (Å²) < 4.78 is 0. The van der Waals surface area contributed by atoms with Gasteiger partial charge in [-0.3, -0.25) is 4.79 Å². The van der Waals surface area contributed by atoms with E-state index in [0.717, 1.165) is 19.5 Å². The Labute approximate surface area is 92.7 Å². The molecule has 0 aliphatic carbocycles. The first-order valence-corrected chi connectivity index (χ1v) is 5.60. The molecule has 0 radical (unpaired) electrons. The fourth-order valence-electron chi connectivity index (χ4n) is 1.11. The van der Waals surface area contributed by atoms with Crippen LogP contribution < -0.4 is 5.32 Å². The highest BCUT2D eigenvalue weighted by molar-refractivity contribution is 7.81. The molecule has 0 rings (SSSR count). The van der Waals surface area contributed by atoms with E-state index in [1.54, 1.807) is 4.90 Å². The number of hydrogen-bond donors (Lipinski definition) is 2. The van der Waals surface area contributed by atoms with Gasteiger partial charge in [0, 0.05) is 13.6 Å². The van der Waals surface area contributed by atoms with E-state index >= 15 is 0 Å². The van der Waals surface area contributed by atoms with Gasteiger partial charge in [0.1, 0.15) is 0 Å². The quantitative estimate of drug-likeness (QED) is 0.515. The Bertz CT molecular complexity index is 174. The first kappa shape index (κ1) is 13.8. The zero-order chi connectivity index (χ0) is 11.1. The number of carbonyl (C=O) groups is 1. The van der Waals surface area contributed by atoms with Gasteiger partial charge in [0.05, 0.1) is 5.25 Å². The zero-order valence-electron chi connectivity index (χ0n) is 9.58. The minimum atomic E-state index is -0.172. The van der Waals surface area contributed by atoms with Crippen LogP contribution in [0.2, 0.25) is 0 Å². The van der Waals surface area contributed by atoms with Crippen molar-refractivity contribution in [1.82, 2.24) is 10.2 Å². The molecule has 14 heavy (non-hydrogen) atoms. The summed E-state index contributed by atoms with van der Waals surface area (Å²) in [5.74, 6) is 0.414. The monoisotopic (exact) mass is 218 g/mol. The fraction of sp³-hybridized carbons (Fsp3) is 0.900. The van der Waals surface area contributed by atoms with Crippen LogP contribution >= 0.6 is 12.6 Å². The third-order valence-corrected chi connectivity index (χ3v) is 3.00. The van der Waals surface area contributed by atoms with Crippen molar-refractivity contribution in [2.24, 2.45) is 5.92 Å². The summed E-state index contributed by atoms with van der Waals surface area (Å²) in [6.45, 7) is 5.76. The number of nitrogens with zero attached hydrogens (tertiary/aromatic N) is 1. The van der Waals surface area contributed by atoms with E-state index in [4.69, 9.17) is 0 Å². The van der Waals surface area contributed by atoms with Gasteiger partial charge in [0.25, 0.3) is 0 Å². The highest BCUT2D eigenvalue weighted by Gasteiger charge is 2.20. The summed E-state index contributed by atoms with van der Waals surface area (Å²) in [7, 11) is 3.75. The van der Waals surface area contributed by atoms with Crippen molar-refractivity contribution in [3.8, 4) is 0 Å². The Morgan fingerprint density at radius 3 is 2.50 bits per heavy atom. The highest BCUT2D eigenvalue weighted by atomic mass is 32.1. The SMILES string of the molecule is CNCCCN(C)C(=O)C(S)C(C)C. The maximum absolute atomic E-state index is 11.7. The molecule has 84 valence electrons. The van der Waals surface area contributed by atoms with Crippen LogP contribution in [0, 0.1) is 5.92 Å². The van der Waals surface area contributed by atoms with E-state index in [1.807, 2.05) is 27.9 Å². The van der Waals surface area contributed by atoms with Crippen LogP contribution in [0.5, 0.6) is 0 Å². The molecule has 1 atom stereocenters. The first-order valence-electron chi connectivity index (χ1n) is 5.08. The molecule has 0 fully saturated rings. The minimum Gasteiger partial charge on any atom is -0.345 e. The molecule has 1 N–H and O–H groups in total. The zero-order valence-corrected chi connectivity index (χ0v) is 10.5. The van der Waals surface area contributed by atoms with Gasteiger partial charge in [-0.05, 0) is 25.9 Å². The van der Waals surface area contributed by atoms with Crippen LogP contribution in [0.3, 0.4) is 0 Å². The molecule has 0 bridgehead atoms. The normalized spacial score (nSPS) is 13.0. The average molecular weight is 218 g/mol. The van der Waals surface area contributed by atoms with E-state index in [2.05, 4.69) is 17.9 Å². The van der Waals surface area contributed by atoms with Crippen LogP contribution in [-0.4, -0.2) is 43.2 Å². The Morgan fingerprint density at radius 2 is 2.07 bits per heavy atom. The Kier molecular flexibility index (Phi) is 7.01. The van der Waals surface area contributed by atoms with Crippen LogP contribution in [0.25, 0.3) is 0 Å². The molecule has 0 spiro atoms. The van der Waals surface area contributed by atoms with Crippen molar-refractivity contribution < 1.29 is 4.79 Å². The van der Waals surface area contributed by atoms with Crippen LogP contribution in [0.15, 0.2) is 0 Å². The smallest absolute Gasteiger partial charge is 0.235 e. The van der Waals surface area contributed by atoms with Crippen molar-refractivity contribution in [2.45, 2.75) is 25.5 Å². The van der Waals surface area contributed by atoms with Crippen LogP contribution in [0.4, 0.5) is 0 Å². The van der Waals surface area contributed by atoms with Gasteiger partial charge in [-0.2, -0.15) is 12.6 Å². The van der Waals surface area contributed by atoms with E-state index in [0.29, 0.717) is 0 Å². The lowest BCUT2D eigenvalue weighted by atomic mass is 10.1. The maximum atomic E-state index is 11.7. The minimum absolute atomic E-state index is 0.124. The molecular weight excluding hydrogens is 196 g/mol. The summed E-state index contributed by atoms with van der Waals surface area (Å²) in [4.78, 5) is 13.5. The molecule has 0 aliphatic rings. The van der Waals surface area contributed by atoms with Gasteiger partial charge in [0.2, 0.25) is 5.91 Å². The molecule has 0 aromatic rings. The molecule has 0 saturated carbocycles. The van der Waals surface area contributed by atoms with Crippen LogP contribution in [-0.2, 0) is 4.79 Å². The molecule has 1 unspecified atom stereocenters. The number of hydrogen-bond acceptors (Lipinski definition) is 3. The Morgan fingerprint density at radius 1 is 1.50 bits per heavy atom. The van der Waals surface area contributed by atoms with Crippen molar-refractivity contribution in [3.63, 3.8) is 0 Å². The molecule has 1 amide bonds. The number of nitrogens with one attached hydrogen (secondary N) is 1. The van der Waals surface area contributed by atoms with E-state index in [9.17, 15) is 4.79 Å². The summed E-state index contributed by atoms with van der Waals surface area (Å²) >= 11 is 4.30. The van der Waals surface area contributed by atoms with Gasteiger partial charge >= 0.3 is 0 Å². The largest absolute Gasteiger partial charge is 0.345 e. The molecular formula is C10H22N2OS. The third-order valence-electron chi connectivity index (χ3n) is 2.18. The average Bonchev–Trinajstić information content (AvgIpc) is 2.15. The van der Waals surface area contributed by atoms with Crippen LogP contribution in [0.1, 0.15) is 20.3 Å². The van der Waals surface area contributed by atoms with E-state index in [1.165, 1.54) is 0 Å². The van der Waals surface area contributed by atoms with Crippen molar-refractivity contribution >= 4 is 18.5 Å². The summed E-state index contributed by atoms with van der Waals surface area (Å²) in [6.07, 6.45) is 0.983. The van der Waals surface area contributed by atoms with Gasteiger partial charge < -0.3 is 10.2 Å². The lowest BCUT2D eigenvalue weighted by molar-refractivity contribution is -0.130. The number of amides is 1. The summed E-state index contributed by atoms with van der Waals surface area (Å²) in [5, 5.41) is 2.89. The molecule has 0 aliphatic heterocycles. The lowest BCUT2D eigenvalue weighted by Gasteiger charge is -2.22. The Balaban J connectivity index is 3.86. The number of carbonyl (C=O) groups excluding carboxylic acids is 1. The molecule has 0 aromatic heterocycles. The Hall–Kier alpha value is -0.220. The topological polar surface area (TPSA) is 32.3 Å². The van der Waals surface area contributed by atoms with E-state index in [-0.39, 0.29) is 17.1 Å². The predicted octanol–water partition coefficient (Wildman–Crippen LogP) is 1.01. The maximum Gasteiger partial charge on any atom is 0.235 e. The molecule has 4 heteroatoms. The third kappa shape index (κ3) is 4.86. The fourth-order valence-corrected chi connectivity index (χ4v) is 1.31. The van der Waals surface area contributed by atoms with Gasteiger partial charge in [-0.15, -0.1) is 0 Å². The van der Waals surface area contributed by atoms with Crippen molar-refractivity contribution in [3.05, 3.63) is 0 Å². The second-order valence-corrected chi connectivity index (χ2v) is 4.46. The standard InChI is InChI=1S/C10H22N2OS/c1-8(2)9(14)10(13)12(4)7-5-6-11-3/h8-9,11,14H,5-7H2,1-4H3. The molecule has 3 nitrogen and oxygen atoms in total. The predicted molar refractivity (Wildman–Crippen MR) is 63.8 cm³/mol. The van der Waals surface area contributed by atoms with Gasteiger partial charge in [-0.1, -0.05) is 13.8 Å². The van der Waals surface area contributed by atoms with E-state index < -0.39 is 0 Å². The number of rotatable bonds is 6. The molecule has 0 saturated heterocycles. The molecule has 0 aromatic carbocycles. The second kappa shape index (κ2) is 7.12. The van der Waals surface area contributed by atoms with Crippen molar-refractivity contribution in [2.75, 3.05) is 27.2 Å².